The van der Waals surface area contributed by atoms with Gasteiger partial charge in [0.05, 0.1) is 23.0 Å². The van der Waals surface area contributed by atoms with Gasteiger partial charge < -0.3 is 20.6 Å². The Morgan fingerprint density at radius 3 is 2.51 bits per heavy atom. The molecule has 0 spiro atoms. The second-order valence-corrected chi connectivity index (χ2v) is 11.9. The van der Waals surface area contributed by atoms with Gasteiger partial charge in [0.25, 0.3) is 0 Å². The molecule has 3 fully saturated rings. The van der Waals surface area contributed by atoms with E-state index < -0.39 is 17.3 Å². The van der Waals surface area contributed by atoms with Gasteiger partial charge in [0.2, 0.25) is 5.91 Å². The van der Waals surface area contributed by atoms with Crippen molar-refractivity contribution in [3.8, 4) is 11.4 Å². The Balaban J connectivity index is 0.989. The van der Waals surface area contributed by atoms with Crippen LogP contribution in [0, 0.1) is 5.92 Å². The molecule has 2 aliphatic heterocycles. The largest absolute Gasteiger partial charge is 0.416 e. The molecule has 9 nitrogen and oxygen atoms in total. The van der Waals surface area contributed by atoms with Crippen molar-refractivity contribution in [1.29, 1.82) is 0 Å². The molecular weight excluding hydrogens is 559 g/mol. The highest BCUT2D eigenvalue weighted by molar-refractivity contribution is 5.79. The van der Waals surface area contributed by atoms with Gasteiger partial charge in [-0.15, -0.1) is 0 Å². The summed E-state index contributed by atoms with van der Waals surface area (Å²) in [5, 5.41) is 18.3. The second kappa shape index (κ2) is 12.3. The fourth-order valence-corrected chi connectivity index (χ4v) is 6.64. The lowest BCUT2D eigenvalue weighted by atomic mass is 9.79. The third kappa shape index (κ3) is 6.71. The number of rotatable bonds is 6. The molecule has 0 aromatic carbocycles. The number of halogens is 3. The van der Waals surface area contributed by atoms with Crippen molar-refractivity contribution in [1.82, 2.24) is 35.5 Å². The molecule has 1 saturated carbocycles. The zero-order valence-electron chi connectivity index (χ0n) is 23.8. The van der Waals surface area contributed by atoms with Crippen molar-refractivity contribution in [3.05, 3.63) is 72.1 Å². The normalized spacial score (nSPS) is 28.1. The molecule has 1 aliphatic carbocycles. The molecular formula is C31H36F3N7O2. The van der Waals surface area contributed by atoms with E-state index in [1.54, 1.807) is 24.7 Å². The van der Waals surface area contributed by atoms with E-state index in [9.17, 15) is 23.1 Å². The first-order valence-corrected chi connectivity index (χ1v) is 15.0. The maximum atomic E-state index is 13.4. The summed E-state index contributed by atoms with van der Waals surface area (Å²) < 4.78 is 39.6. The Labute approximate surface area is 248 Å². The third-order valence-electron chi connectivity index (χ3n) is 9.07. The summed E-state index contributed by atoms with van der Waals surface area (Å²) in [7, 11) is 0. The van der Waals surface area contributed by atoms with E-state index >= 15 is 0 Å². The number of amides is 1. The quantitative estimate of drug-likeness (QED) is 0.392. The van der Waals surface area contributed by atoms with Gasteiger partial charge in [-0.25, -0.2) is 9.97 Å². The van der Waals surface area contributed by atoms with E-state index in [0.29, 0.717) is 62.5 Å². The molecule has 6 rings (SSSR count). The van der Waals surface area contributed by atoms with Crippen molar-refractivity contribution in [2.75, 3.05) is 19.6 Å². The Hall–Kier alpha value is -3.48. The molecule has 12 heteroatoms. The average molecular weight is 596 g/mol. The summed E-state index contributed by atoms with van der Waals surface area (Å²) in [4.78, 5) is 32.5. The number of carbonyl (C=O) groups excluding carboxylic acids is 1. The van der Waals surface area contributed by atoms with Gasteiger partial charge >= 0.3 is 6.18 Å². The van der Waals surface area contributed by atoms with E-state index in [-0.39, 0.29) is 30.0 Å². The molecule has 1 unspecified atom stereocenters. The van der Waals surface area contributed by atoms with Crippen molar-refractivity contribution in [3.63, 3.8) is 0 Å². The van der Waals surface area contributed by atoms with E-state index in [4.69, 9.17) is 0 Å². The minimum absolute atomic E-state index is 0.0659. The van der Waals surface area contributed by atoms with Gasteiger partial charge in [-0.2, -0.15) is 13.2 Å². The minimum atomic E-state index is -4.43. The van der Waals surface area contributed by atoms with Gasteiger partial charge in [0.15, 0.2) is 5.82 Å². The molecule has 3 aliphatic rings. The molecule has 2 saturated heterocycles. The summed E-state index contributed by atoms with van der Waals surface area (Å²) in [6.45, 7) is 1.82. The first kappa shape index (κ1) is 29.6. The van der Waals surface area contributed by atoms with E-state index in [2.05, 4.69) is 30.6 Å². The van der Waals surface area contributed by atoms with Crippen LogP contribution in [0.25, 0.3) is 11.4 Å². The number of aliphatic hydroxyl groups is 1. The lowest BCUT2D eigenvalue weighted by Crippen LogP contribution is -2.46. The van der Waals surface area contributed by atoms with Gasteiger partial charge in [0.1, 0.15) is 5.60 Å². The highest BCUT2D eigenvalue weighted by Gasteiger charge is 2.39. The van der Waals surface area contributed by atoms with E-state index in [0.717, 1.165) is 37.0 Å². The van der Waals surface area contributed by atoms with Crippen LogP contribution in [-0.4, -0.2) is 67.6 Å². The predicted octanol–water partition coefficient (Wildman–Crippen LogP) is 4.01. The number of aromatic nitrogens is 4. The Kier molecular flexibility index (Phi) is 8.43. The molecule has 0 bridgehead atoms. The van der Waals surface area contributed by atoms with Crippen molar-refractivity contribution >= 4 is 5.91 Å². The van der Waals surface area contributed by atoms with Crippen LogP contribution in [-0.2, 0) is 16.6 Å². The summed E-state index contributed by atoms with van der Waals surface area (Å²) >= 11 is 0. The number of nitrogens with zero attached hydrogens (tertiary/aromatic N) is 5. The standard InChI is InChI=1S/C31H36F3N7O2/c32-31(33,34)22-7-14-36-26(17-22)25-16-20(6-13-35-25)29(42)41-15-8-24(19-41)40-23-4-9-30(43,10-5-23)27-3-2-21(18-39-27)28-37-11-1-12-38-28/h1-3,7,11-12,14,17-18,20,23-25,35,40,43H,4-6,8-10,13,15-16,19H2/t20-,23?,24-,25?,30?/m0/s1. The van der Waals surface area contributed by atoms with E-state index in [1.165, 1.54) is 6.20 Å². The zero-order valence-corrected chi connectivity index (χ0v) is 23.8. The molecule has 43 heavy (non-hydrogen) atoms. The number of hydrogen-bond acceptors (Lipinski definition) is 8. The zero-order chi connectivity index (χ0) is 30.0. The second-order valence-electron chi connectivity index (χ2n) is 11.9. The van der Waals surface area contributed by atoms with Crippen LogP contribution in [0.5, 0.6) is 0 Å². The number of pyridine rings is 2. The summed E-state index contributed by atoms with van der Waals surface area (Å²) in [6, 6.07) is 7.58. The number of nitrogens with one attached hydrogen (secondary N) is 2. The average Bonchev–Trinajstić information content (AvgIpc) is 3.50. The molecule has 3 atom stereocenters. The maximum Gasteiger partial charge on any atom is 0.416 e. The number of piperidine rings is 1. The lowest BCUT2D eigenvalue weighted by molar-refractivity contribution is -0.138. The van der Waals surface area contributed by atoms with Gasteiger partial charge in [-0.05, 0) is 81.8 Å². The third-order valence-corrected chi connectivity index (χ3v) is 9.07. The van der Waals surface area contributed by atoms with Crippen molar-refractivity contribution in [2.24, 2.45) is 5.92 Å². The lowest BCUT2D eigenvalue weighted by Gasteiger charge is -2.37. The van der Waals surface area contributed by atoms with Gasteiger partial charge in [-0.1, -0.05) is 0 Å². The highest BCUT2D eigenvalue weighted by Crippen LogP contribution is 2.37. The van der Waals surface area contributed by atoms with E-state index in [1.807, 2.05) is 17.0 Å². The Bertz CT molecular complexity index is 1400. The molecule has 0 radical (unpaired) electrons. The van der Waals surface area contributed by atoms with Crippen molar-refractivity contribution < 1.29 is 23.1 Å². The highest BCUT2D eigenvalue weighted by atomic mass is 19.4. The smallest absolute Gasteiger partial charge is 0.384 e. The first-order chi connectivity index (χ1) is 20.7. The van der Waals surface area contributed by atoms with Crippen LogP contribution in [0.4, 0.5) is 13.2 Å². The molecule has 228 valence electrons. The molecule has 5 heterocycles. The Morgan fingerprint density at radius 1 is 1.00 bits per heavy atom. The molecule has 3 aromatic rings. The van der Waals surface area contributed by atoms with Gasteiger partial charge in [0, 0.05) is 61.4 Å². The fraction of sp³-hybridized carbons (Fsp3) is 0.516. The number of likely N-dealkylation sites (tertiary alicyclic amines) is 1. The summed E-state index contributed by atoms with van der Waals surface area (Å²) in [6.07, 6.45) is 6.52. The maximum absolute atomic E-state index is 13.4. The monoisotopic (exact) mass is 595 g/mol. The van der Waals surface area contributed by atoms with Crippen LogP contribution < -0.4 is 10.6 Å². The number of carbonyl (C=O) groups is 1. The van der Waals surface area contributed by atoms with Crippen molar-refractivity contribution in [2.45, 2.75) is 74.8 Å². The summed E-state index contributed by atoms with van der Waals surface area (Å²) in [5.74, 6) is 0.410. The molecule has 3 N–H and O–H groups in total. The van der Waals surface area contributed by atoms with Crippen LogP contribution >= 0.6 is 0 Å². The van der Waals surface area contributed by atoms with Crippen LogP contribution in [0.3, 0.4) is 0 Å². The first-order valence-electron chi connectivity index (χ1n) is 15.0. The topological polar surface area (TPSA) is 116 Å². The molecule has 1 amide bonds. The minimum Gasteiger partial charge on any atom is -0.384 e. The summed E-state index contributed by atoms with van der Waals surface area (Å²) in [5.41, 5.74) is 0.0721. The SMILES string of the molecule is O=C([C@H]1CCNC(c2cc(C(F)(F)F)ccn2)C1)N1CC[C@H](NC2CCC(O)(c3ccc(-c4ncccn4)cn3)CC2)C1. The Morgan fingerprint density at radius 2 is 1.79 bits per heavy atom. The number of hydrogen-bond donors (Lipinski definition) is 3. The molecule has 3 aromatic heterocycles. The van der Waals surface area contributed by atoms with Crippen LogP contribution in [0.1, 0.15) is 67.9 Å². The van der Waals surface area contributed by atoms with Crippen LogP contribution in [0.15, 0.2) is 55.1 Å². The predicted molar refractivity (Wildman–Crippen MR) is 152 cm³/mol. The van der Waals surface area contributed by atoms with Gasteiger partial charge in [-0.3, -0.25) is 14.8 Å². The fourth-order valence-electron chi connectivity index (χ4n) is 6.64. The number of alkyl halides is 3. The van der Waals surface area contributed by atoms with Crippen LogP contribution in [0.2, 0.25) is 0 Å².